The standard InChI is InChI=1S/C11H20O4/c1-11(9-3-6-13-7-4-9)14-8-10(15-11)2-5-12/h9-10,12H,2-8H2,1H3. The van der Waals surface area contributed by atoms with E-state index in [4.69, 9.17) is 19.3 Å². The Kier molecular flexibility index (Phi) is 3.61. The van der Waals surface area contributed by atoms with Gasteiger partial charge in [0.2, 0.25) is 0 Å². The molecule has 0 spiro atoms. The normalized spacial score (nSPS) is 38.4. The van der Waals surface area contributed by atoms with Gasteiger partial charge in [0.05, 0.1) is 12.7 Å². The Balaban J connectivity index is 1.89. The summed E-state index contributed by atoms with van der Waals surface area (Å²) in [5.41, 5.74) is 0. The van der Waals surface area contributed by atoms with Crippen molar-refractivity contribution in [3.8, 4) is 0 Å². The van der Waals surface area contributed by atoms with Gasteiger partial charge in [-0.25, -0.2) is 0 Å². The van der Waals surface area contributed by atoms with E-state index in [0.29, 0.717) is 18.9 Å². The summed E-state index contributed by atoms with van der Waals surface area (Å²) in [6, 6.07) is 0. The minimum absolute atomic E-state index is 0.0582. The van der Waals surface area contributed by atoms with Gasteiger partial charge in [0.15, 0.2) is 5.79 Å². The molecule has 2 aliphatic rings. The molecular formula is C11H20O4. The number of hydrogen-bond acceptors (Lipinski definition) is 4. The topological polar surface area (TPSA) is 47.9 Å². The fraction of sp³-hybridized carbons (Fsp3) is 1.00. The molecule has 0 aromatic heterocycles. The molecule has 0 radical (unpaired) electrons. The van der Waals surface area contributed by atoms with Crippen LogP contribution in [0.2, 0.25) is 0 Å². The molecule has 2 saturated heterocycles. The highest BCUT2D eigenvalue weighted by atomic mass is 16.7. The third-order valence-electron chi connectivity index (χ3n) is 3.37. The van der Waals surface area contributed by atoms with E-state index in [1.807, 2.05) is 6.92 Å². The van der Waals surface area contributed by atoms with Crippen molar-refractivity contribution in [3.63, 3.8) is 0 Å². The number of ether oxygens (including phenoxy) is 3. The van der Waals surface area contributed by atoms with Crippen molar-refractivity contribution in [2.45, 2.75) is 38.1 Å². The number of hydrogen-bond donors (Lipinski definition) is 1. The summed E-state index contributed by atoms with van der Waals surface area (Å²) in [6.07, 6.45) is 2.73. The van der Waals surface area contributed by atoms with Crippen LogP contribution in [0.3, 0.4) is 0 Å². The minimum atomic E-state index is -0.455. The molecule has 2 heterocycles. The summed E-state index contributed by atoms with van der Waals surface area (Å²) in [5, 5.41) is 8.85. The molecule has 4 heteroatoms. The quantitative estimate of drug-likeness (QED) is 0.762. The third-order valence-corrected chi connectivity index (χ3v) is 3.37. The van der Waals surface area contributed by atoms with Crippen molar-refractivity contribution < 1.29 is 19.3 Å². The first-order valence-corrected chi connectivity index (χ1v) is 5.75. The zero-order valence-corrected chi connectivity index (χ0v) is 9.28. The van der Waals surface area contributed by atoms with E-state index in [0.717, 1.165) is 26.1 Å². The van der Waals surface area contributed by atoms with Crippen molar-refractivity contribution in [1.82, 2.24) is 0 Å². The second-order valence-electron chi connectivity index (χ2n) is 4.47. The molecule has 0 bridgehead atoms. The van der Waals surface area contributed by atoms with E-state index < -0.39 is 5.79 Å². The van der Waals surface area contributed by atoms with Crippen molar-refractivity contribution in [2.75, 3.05) is 26.4 Å². The van der Waals surface area contributed by atoms with Crippen LogP contribution in [0.1, 0.15) is 26.2 Å². The highest BCUT2D eigenvalue weighted by Gasteiger charge is 2.43. The van der Waals surface area contributed by atoms with Crippen LogP contribution < -0.4 is 0 Å². The van der Waals surface area contributed by atoms with Crippen LogP contribution in [0.15, 0.2) is 0 Å². The van der Waals surface area contributed by atoms with Crippen LogP contribution in [-0.2, 0) is 14.2 Å². The summed E-state index contributed by atoms with van der Waals surface area (Å²) in [5.74, 6) is -0.0289. The first-order chi connectivity index (χ1) is 7.24. The summed E-state index contributed by atoms with van der Waals surface area (Å²) in [4.78, 5) is 0. The fourth-order valence-corrected chi connectivity index (χ4v) is 2.38. The molecule has 2 aliphatic heterocycles. The lowest BCUT2D eigenvalue weighted by Crippen LogP contribution is -2.39. The first-order valence-electron chi connectivity index (χ1n) is 5.75. The molecule has 88 valence electrons. The third kappa shape index (κ3) is 2.50. The Bertz CT molecular complexity index is 203. The second-order valence-corrected chi connectivity index (χ2v) is 4.47. The summed E-state index contributed by atoms with van der Waals surface area (Å²) in [6.45, 7) is 4.39. The van der Waals surface area contributed by atoms with Crippen LogP contribution in [-0.4, -0.2) is 43.4 Å². The maximum Gasteiger partial charge on any atom is 0.169 e. The van der Waals surface area contributed by atoms with Crippen LogP contribution in [0.4, 0.5) is 0 Å². The molecule has 15 heavy (non-hydrogen) atoms. The maximum absolute atomic E-state index is 8.85. The molecule has 0 aromatic rings. The van der Waals surface area contributed by atoms with E-state index >= 15 is 0 Å². The predicted octanol–water partition coefficient (Wildman–Crippen LogP) is 0.927. The van der Waals surface area contributed by atoms with Crippen molar-refractivity contribution in [3.05, 3.63) is 0 Å². The van der Waals surface area contributed by atoms with Gasteiger partial charge in [0, 0.05) is 25.7 Å². The lowest BCUT2D eigenvalue weighted by Gasteiger charge is -2.35. The van der Waals surface area contributed by atoms with E-state index in [2.05, 4.69) is 0 Å². The summed E-state index contributed by atoms with van der Waals surface area (Å²) >= 11 is 0. The maximum atomic E-state index is 8.85. The van der Waals surface area contributed by atoms with Crippen LogP contribution in [0.25, 0.3) is 0 Å². The van der Waals surface area contributed by atoms with Gasteiger partial charge in [-0.05, 0) is 26.2 Å². The van der Waals surface area contributed by atoms with E-state index in [9.17, 15) is 0 Å². The van der Waals surface area contributed by atoms with Gasteiger partial charge >= 0.3 is 0 Å². The lowest BCUT2D eigenvalue weighted by atomic mass is 9.92. The zero-order chi connectivity index (χ0) is 10.7. The number of aliphatic hydroxyl groups excluding tert-OH is 1. The smallest absolute Gasteiger partial charge is 0.169 e. The highest BCUT2D eigenvalue weighted by molar-refractivity contribution is 4.83. The summed E-state index contributed by atoms with van der Waals surface area (Å²) < 4.78 is 17.0. The highest BCUT2D eigenvalue weighted by Crippen LogP contribution is 2.37. The van der Waals surface area contributed by atoms with E-state index in [1.165, 1.54) is 0 Å². The molecule has 4 nitrogen and oxygen atoms in total. The van der Waals surface area contributed by atoms with Gasteiger partial charge in [-0.15, -0.1) is 0 Å². The molecular weight excluding hydrogens is 196 g/mol. The monoisotopic (exact) mass is 216 g/mol. The molecule has 0 aromatic carbocycles. The largest absolute Gasteiger partial charge is 0.396 e. The zero-order valence-electron chi connectivity index (χ0n) is 9.28. The van der Waals surface area contributed by atoms with Gasteiger partial charge in [0.1, 0.15) is 0 Å². The van der Waals surface area contributed by atoms with Gasteiger partial charge in [-0.3, -0.25) is 0 Å². The number of rotatable bonds is 3. The van der Waals surface area contributed by atoms with Gasteiger partial charge < -0.3 is 19.3 Å². The van der Waals surface area contributed by atoms with E-state index in [1.54, 1.807) is 0 Å². The molecule has 1 N–H and O–H groups in total. The molecule has 2 atom stereocenters. The van der Waals surface area contributed by atoms with Gasteiger partial charge in [-0.2, -0.15) is 0 Å². The molecule has 2 rings (SSSR count). The minimum Gasteiger partial charge on any atom is -0.396 e. The van der Waals surface area contributed by atoms with E-state index in [-0.39, 0.29) is 12.7 Å². The average molecular weight is 216 g/mol. The van der Waals surface area contributed by atoms with Gasteiger partial charge in [-0.1, -0.05) is 0 Å². The van der Waals surface area contributed by atoms with Crippen molar-refractivity contribution in [2.24, 2.45) is 5.92 Å². The first kappa shape index (κ1) is 11.3. The van der Waals surface area contributed by atoms with Crippen LogP contribution in [0, 0.1) is 5.92 Å². The Morgan fingerprint density at radius 2 is 2.07 bits per heavy atom. The molecule has 0 amide bonds. The predicted molar refractivity (Wildman–Crippen MR) is 54.5 cm³/mol. The van der Waals surface area contributed by atoms with Crippen molar-refractivity contribution >= 4 is 0 Å². The SMILES string of the molecule is CC1(C2CCOCC2)OCC(CCO)O1. The molecule has 2 fully saturated rings. The lowest BCUT2D eigenvalue weighted by molar-refractivity contribution is -0.206. The Hall–Kier alpha value is -0.160. The molecule has 2 unspecified atom stereocenters. The summed E-state index contributed by atoms with van der Waals surface area (Å²) in [7, 11) is 0. The average Bonchev–Trinajstić information content (AvgIpc) is 2.64. The Morgan fingerprint density at radius 3 is 2.73 bits per heavy atom. The Morgan fingerprint density at radius 1 is 1.33 bits per heavy atom. The van der Waals surface area contributed by atoms with Crippen LogP contribution in [0.5, 0.6) is 0 Å². The molecule has 0 aliphatic carbocycles. The van der Waals surface area contributed by atoms with Crippen molar-refractivity contribution in [1.29, 1.82) is 0 Å². The van der Waals surface area contributed by atoms with Gasteiger partial charge in [0.25, 0.3) is 0 Å². The molecule has 0 saturated carbocycles. The second kappa shape index (κ2) is 4.78. The number of aliphatic hydroxyl groups is 1. The van der Waals surface area contributed by atoms with Crippen LogP contribution >= 0.6 is 0 Å². The fourth-order valence-electron chi connectivity index (χ4n) is 2.38. The Labute approximate surface area is 90.5 Å².